The SMILES string of the molecule is C[C@H]1O[C@@H](O[C@H]2CC[C@@]3(C=O)[C@H](CC[C@@H]4[C@@H]3CC[C@]3(C)[C@@H](C5=CC(=O)OC5)[C@@H](O)C[C@]43O)C2)[C@H](O)[C@H](O)[C@H]1O. The molecule has 5 fully saturated rings. The van der Waals surface area contributed by atoms with Gasteiger partial charge in [0.2, 0.25) is 0 Å². The Morgan fingerprint density at radius 2 is 1.79 bits per heavy atom. The first-order valence-corrected chi connectivity index (χ1v) is 14.5. The predicted octanol–water partition coefficient (Wildman–Crippen LogP) is 0.606. The Morgan fingerprint density at radius 1 is 1.03 bits per heavy atom. The molecule has 6 aliphatic rings. The minimum absolute atomic E-state index is 0.0253. The second-order valence-corrected chi connectivity index (χ2v) is 13.4. The molecule has 4 saturated carbocycles. The fraction of sp³-hybridized carbons (Fsp3) is 0.862. The molecule has 6 rings (SSSR count). The van der Waals surface area contributed by atoms with Crippen LogP contribution in [0.3, 0.4) is 0 Å². The number of aliphatic hydroxyl groups excluding tert-OH is 4. The molecule has 2 heterocycles. The second-order valence-electron chi connectivity index (χ2n) is 13.4. The lowest BCUT2D eigenvalue weighted by Gasteiger charge is -2.63. The van der Waals surface area contributed by atoms with Gasteiger partial charge in [0, 0.05) is 29.2 Å². The predicted molar refractivity (Wildman–Crippen MR) is 135 cm³/mol. The number of hydrogen-bond donors (Lipinski definition) is 5. The number of carbonyl (C=O) groups excluding carboxylic acids is 2. The van der Waals surface area contributed by atoms with Gasteiger partial charge in [0.25, 0.3) is 0 Å². The van der Waals surface area contributed by atoms with Crippen molar-refractivity contribution in [3.05, 3.63) is 11.6 Å². The summed E-state index contributed by atoms with van der Waals surface area (Å²) in [5.41, 5.74) is -1.64. The van der Waals surface area contributed by atoms with Crippen LogP contribution >= 0.6 is 0 Å². The largest absolute Gasteiger partial charge is 0.458 e. The third-order valence-corrected chi connectivity index (χ3v) is 11.8. The van der Waals surface area contributed by atoms with Crippen LogP contribution in [0.1, 0.15) is 65.2 Å². The first-order valence-electron chi connectivity index (χ1n) is 14.5. The molecule has 0 unspecified atom stereocenters. The zero-order valence-corrected chi connectivity index (χ0v) is 22.6. The first-order chi connectivity index (χ1) is 18.4. The number of aldehydes is 1. The maximum atomic E-state index is 12.9. The quantitative estimate of drug-likeness (QED) is 0.190. The molecule has 2 aliphatic heterocycles. The van der Waals surface area contributed by atoms with Gasteiger partial charge < -0.3 is 44.5 Å². The van der Waals surface area contributed by atoms with E-state index in [1.54, 1.807) is 6.92 Å². The average Bonchev–Trinajstić information content (AvgIpc) is 3.41. The molecule has 14 atom stereocenters. The smallest absolute Gasteiger partial charge is 0.331 e. The maximum absolute atomic E-state index is 12.9. The van der Waals surface area contributed by atoms with Crippen LogP contribution in [-0.2, 0) is 23.8 Å². The van der Waals surface area contributed by atoms with Gasteiger partial charge in [-0.15, -0.1) is 0 Å². The minimum atomic E-state index is -1.37. The number of carbonyl (C=O) groups is 2. The highest BCUT2D eigenvalue weighted by Gasteiger charge is 2.70. The first kappa shape index (κ1) is 27.8. The average molecular weight is 551 g/mol. The van der Waals surface area contributed by atoms with Crippen LogP contribution in [0.4, 0.5) is 0 Å². The van der Waals surface area contributed by atoms with E-state index in [1.165, 1.54) is 6.08 Å². The van der Waals surface area contributed by atoms with E-state index in [4.69, 9.17) is 14.2 Å². The Labute approximate surface area is 228 Å². The number of ether oxygens (including phenoxy) is 3. The van der Waals surface area contributed by atoms with Crippen LogP contribution in [0.15, 0.2) is 11.6 Å². The molecular formula is C29H42O10. The molecule has 39 heavy (non-hydrogen) atoms. The van der Waals surface area contributed by atoms with E-state index in [1.807, 2.05) is 6.92 Å². The summed E-state index contributed by atoms with van der Waals surface area (Å²) in [5, 5.41) is 54.1. The number of fused-ring (bicyclic) bond motifs is 5. The van der Waals surface area contributed by atoms with Crippen molar-refractivity contribution < 1.29 is 49.3 Å². The molecule has 0 spiro atoms. The van der Waals surface area contributed by atoms with E-state index in [0.29, 0.717) is 25.7 Å². The van der Waals surface area contributed by atoms with Crippen molar-refractivity contribution in [1.82, 2.24) is 0 Å². The summed E-state index contributed by atoms with van der Waals surface area (Å²) in [6.07, 6.45) is 0.686. The van der Waals surface area contributed by atoms with Gasteiger partial charge >= 0.3 is 5.97 Å². The van der Waals surface area contributed by atoms with E-state index in [0.717, 1.165) is 31.1 Å². The topological polar surface area (TPSA) is 163 Å². The standard InChI is InChI=1S/C29H42O10/c1-14-23(33)24(34)25(35)26(38-14)39-17-5-8-28(13-30)16(10-17)3-4-19-18(28)6-7-27(2)22(15-9-21(32)37-12-15)20(31)11-29(19,27)36/h9,13-14,16-20,22-26,31,33-36H,3-8,10-12H2,1-2H3/t14-,16-,17+,18+,19-,20+,22+,23+,24-,25-,26+,27-,28-,29+/m1/s1. The van der Waals surface area contributed by atoms with Crippen LogP contribution < -0.4 is 0 Å². The molecule has 0 aromatic rings. The van der Waals surface area contributed by atoms with Crippen LogP contribution in [0.25, 0.3) is 0 Å². The molecule has 5 N–H and O–H groups in total. The fourth-order valence-corrected chi connectivity index (χ4v) is 9.82. The van der Waals surface area contributed by atoms with E-state index >= 15 is 0 Å². The number of cyclic esters (lactones) is 1. The molecule has 0 radical (unpaired) electrons. The summed E-state index contributed by atoms with van der Waals surface area (Å²) in [5.74, 6) is -0.892. The summed E-state index contributed by atoms with van der Waals surface area (Å²) < 4.78 is 16.9. The molecule has 0 amide bonds. The third kappa shape index (κ3) is 3.93. The van der Waals surface area contributed by atoms with Crippen molar-refractivity contribution >= 4 is 12.3 Å². The molecule has 10 heteroatoms. The fourth-order valence-electron chi connectivity index (χ4n) is 9.82. The van der Waals surface area contributed by atoms with Gasteiger partial charge in [-0.1, -0.05) is 6.92 Å². The van der Waals surface area contributed by atoms with Crippen molar-refractivity contribution in [3.8, 4) is 0 Å². The molecule has 10 nitrogen and oxygen atoms in total. The van der Waals surface area contributed by atoms with Gasteiger partial charge in [-0.05, 0) is 75.2 Å². The van der Waals surface area contributed by atoms with Gasteiger partial charge in [-0.2, -0.15) is 0 Å². The Bertz CT molecular complexity index is 1030. The van der Waals surface area contributed by atoms with Crippen LogP contribution in [0, 0.1) is 34.5 Å². The monoisotopic (exact) mass is 550 g/mol. The summed E-state index contributed by atoms with van der Waals surface area (Å²) in [6, 6.07) is 0. The molecule has 0 aromatic heterocycles. The lowest BCUT2D eigenvalue weighted by Crippen LogP contribution is -2.63. The van der Waals surface area contributed by atoms with Crippen molar-refractivity contribution in [3.63, 3.8) is 0 Å². The molecule has 1 saturated heterocycles. The van der Waals surface area contributed by atoms with E-state index in [2.05, 4.69) is 0 Å². The second kappa shape index (κ2) is 9.58. The summed E-state index contributed by atoms with van der Waals surface area (Å²) >= 11 is 0. The highest BCUT2D eigenvalue weighted by Crippen LogP contribution is 2.69. The Balaban J connectivity index is 1.21. The molecule has 0 bridgehead atoms. The van der Waals surface area contributed by atoms with Crippen molar-refractivity contribution in [1.29, 1.82) is 0 Å². The van der Waals surface area contributed by atoms with E-state index in [-0.39, 0.29) is 42.8 Å². The van der Waals surface area contributed by atoms with E-state index in [9.17, 15) is 35.1 Å². The zero-order valence-electron chi connectivity index (χ0n) is 22.6. The Morgan fingerprint density at radius 3 is 2.49 bits per heavy atom. The summed E-state index contributed by atoms with van der Waals surface area (Å²) in [4.78, 5) is 24.7. The number of hydrogen-bond acceptors (Lipinski definition) is 10. The van der Waals surface area contributed by atoms with Crippen molar-refractivity contribution in [2.75, 3.05) is 6.61 Å². The van der Waals surface area contributed by atoms with Crippen LogP contribution in [-0.4, -0.2) is 92.9 Å². The highest BCUT2D eigenvalue weighted by atomic mass is 16.7. The molecular weight excluding hydrogens is 508 g/mol. The minimum Gasteiger partial charge on any atom is -0.458 e. The van der Waals surface area contributed by atoms with E-state index < -0.39 is 59.2 Å². The highest BCUT2D eigenvalue weighted by molar-refractivity contribution is 5.85. The van der Waals surface area contributed by atoms with Gasteiger partial charge in [-0.3, -0.25) is 0 Å². The summed E-state index contributed by atoms with van der Waals surface area (Å²) in [6.45, 7) is 3.80. The number of aliphatic hydroxyl groups is 5. The lowest BCUT2D eigenvalue weighted by atomic mass is 9.43. The Hall–Kier alpha value is -1.40. The Kier molecular flexibility index (Phi) is 6.81. The van der Waals surface area contributed by atoms with Crippen molar-refractivity contribution in [2.24, 2.45) is 34.5 Å². The molecule has 0 aromatic carbocycles. The van der Waals surface area contributed by atoms with Gasteiger partial charge in [0.15, 0.2) is 6.29 Å². The van der Waals surface area contributed by atoms with Gasteiger partial charge in [-0.25, -0.2) is 4.79 Å². The normalized spacial score (nSPS) is 55.2. The van der Waals surface area contributed by atoms with Crippen LogP contribution in [0.5, 0.6) is 0 Å². The zero-order chi connectivity index (χ0) is 27.9. The van der Waals surface area contributed by atoms with Gasteiger partial charge in [0.1, 0.15) is 31.2 Å². The summed E-state index contributed by atoms with van der Waals surface area (Å²) in [7, 11) is 0. The van der Waals surface area contributed by atoms with Crippen LogP contribution in [0.2, 0.25) is 0 Å². The van der Waals surface area contributed by atoms with Crippen molar-refractivity contribution in [2.45, 2.75) is 114 Å². The number of esters is 1. The molecule has 218 valence electrons. The number of rotatable bonds is 4. The third-order valence-electron chi connectivity index (χ3n) is 11.8. The lowest BCUT2D eigenvalue weighted by molar-refractivity contribution is -0.309. The maximum Gasteiger partial charge on any atom is 0.331 e. The molecule has 4 aliphatic carbocycles. The van der Waals surface area contributed by atoms with Gasteiger partial charge in [0.05, 0.1) is 23.9 Å².